The minimum atomic E-state index is -0.820. The molecule has 1 fully saturated rings. The highest BCUT2D eigenvalue weighted by Gasteiger charge is 2.33. The van der Waals surface area contributed by atoms with Gasteiger partial charge in [-0.05, 0) is 56.5 Å². The second kappa shape index (κ2) is 7.91. The Morgan fingerprint density at radius 2 is 1.70 bits per heavy atom. The molecular weight excluding hydrogens is 343 g/mol. The first-order valence-electron chi connectivity index (χ1n) is 9.29. The molecule has 1 heterocycles. The van der Waals surface area contributed by atoms with Gasteiger partial charge >= 0.3 is 0 Å². The number of nitrogens with zero attached hydrogens (tertiary/aromatic N) is 1. The lowest BCUT2D eigenvalue weighted by Gasteiger charge is -2.34. The fourth-order valence-corrected chi connectivity index (χ4v) is 3.36. The van der Waals surface area contributed by atoms with Gasteiger partial charge in [0.25, 0.3) is 5.91 Å². The van der Waals surface area contributed by atoms with Crippen molar-refractivity contribution in [1.82, 2.24) is 10.2 Å². The number of halogens is 1. The molecule has 0 saturated carbocycles. The molecule has 142 valence electrons. The summed E-state index contributed by atoms with van der Waals surface area (Å²) in [7, 11) is 0. The Hall–Kier alpha value is -2.69. The Balaban J connectivity index is 1.57. The van der Waals surface area contributed by atoms with Crippen molar-refractivity contribution < 1.29 is 14.0 Å². The third-order valence-corrected chi connectivity index (χ3v) is 5.25. The van der Waals surface area contributed by atoms with Gasteiger partial charge in [-0.1, -0.05) is 30.3 Å². The maximum absolute atomic E-state index is 13.5. The van der Waals surface area contributed by atoms with Crippen LogP contribution in [0.25, 0.3) is 0 Å². The van der Waals surface area contributed by atoms with Crippen LogP contribution < -0.4 is 5.32 Å². The van der Waals surface area contributed by atoms with Crippen LogP contribution in [0.3, 0.4) is 0 Å². The molecule has 0 aliphatic carbocycles. The van der Waals surface area contributed by atoms with Crippen LogP contribution in [0.2, 0.25) is 0 Å². The summed E-state index contributed by atoms with van der Waals surface area (Å²) in [5.74, 6) is -0.442. The van der Waals surface area contributed by atoms with Gasteiger partial charge in [0.05, 0.1) is 5.41 Å². The normalized spacial score (nSPS) is 15.4. The summed E-state index contributed by atoms with van der Waals surface area (Å²) >= 11 is 0. The van der Waals surface area contributed by atoms with Crippen molar-refractivity contribution in [3.8, 4) is 0 Å². The van der Waals surface area contributed by atoms with E-state index in [0.717, 1.165) is 0 Å². The Labute approximate surface area is 159 Å². The first kappa shape index (κ1) is 19.1. The average molecular weight is 368 g/mol. The van der Waals surface area contributed by atoms with E-state index < -0.39 is 5.41 Å². The summed E-state index contributed by atoms with van der Waals surface area (Å²) < 4.78 is 13.5. The third kappa shape index (κ3) is 4.35. The van der Waals surface area contributed by atoms with Crippen molar-refractivity contribution in [2.45, 2.75) is 38.1 Å². The quantitative estimate of drug-likeness (QED) is 0.898. The molecule has 0 aromatic heterocycles. The molecule has 5 heteroatoms. The van der Waals surface area contributed by atoms with Crippen molar-refractivity contribution in [2.75, 3.05) is 13.1 Å². The Bertz CT molecular complexity index is 812. The summed E-state index contributed by atoms with van der Waals surface area (Å²) in [5.41, 5.74) is 0.517. The first-order chi connectivity index (χ1) is 12.9. The lowest BCUT2D eigenvalue weighted by atomic mass is 9.83. The lowest BCUT2D eigenvalue weighted by molar-refractivity contribution is -0.126. The summed E-state index contributed by atoms with van der Waals surface area (Å²) in [6.07, 6.45) is 1.42. The van der Waals surface area contributed by atoms with Gasteiger partial charge in [0.15, 0.2) is 0 Å². The maximum Gasteiger partial charge on any atom is 0.253 e. The number of benzene rings is 2. The fraction of sp³-hybridized carbons (Fsp3) is 0.364. The number of hydrogen-bond acceptors (Lipinski definition) is 2. The summed E-state index contributed by atoms with van der Waals surface area (Å²) in [6, 6.07) is 15.4. The van der Waals surface area contributed by atoms with Gasteiger partial charge < -0.3 is 10.2 Å². The number of piperidine rings is 1. The molecule has 1 saturated heterocycles. The van der Waals surface area contributed by atoms with E-state index >= 15 is 0 Å². The van der Waals surface area contributed by atoms with E-state index in [9.17, 15) is 14.0 Å². The second-order valence-corrected chi connectivity index (χ2v) is 7.54. The van der Waals surface area contributed by atoms with Crippen LogP contribution in [0, 0.1) is 5.82 Å². The predicted molar refractivity (Wildman–Crippen MR) is 103 cm³/mol. The van der Waals surface area contributed by atoms with E-state index in [2.05, 4.69) is 5.32 Å². The second-order valence-electron chi connectivity index (χ2n) is 7.54. The van der Waals surface area contributed by atoms with Crippen LogP contribution in [0.4, 0.5) is 4.39 Å². The molecule has 3 rings (SSSR count). The van der Waals surface area contributed by atoms with Gasteiger partial charge in [0.2, 0.25) is 5.91 Å². The molecule has 2 aromatic rings. The third-order valence-electron chi connectivity index (χ3n) is 5.25. The number of nitrogens with one attached hydrogen (secondary N) is 1. The van der Waals surface area contributed by atoms with Crippen molar-refractivity contribution in [3.05, 3.63) is 71.5 Å². The van der Waals surface area contributed by atoms with Crippen molar-refractivity contribution >= 4 is 11.8 Å². The van der Waals surface area contributed by atoms with Gasteiger partial charge in [0, 0.05) is 24.7 Å². The van der Waals surface area contributed by atoms with Crippen LogP contribution in [0.1, 0.15) is 42.6 Å². The van der Waals surface area contributed by atoms with Crippen LogP contribution in [0.15, 0.2) is 54.6 Å². The molecule has 2 aromatic carbocycles. The maximum atomic E-state index is 13.5. The molecule has 0 spiro atoms. The number of rotatable bonds is 4. The van der Waals surface area contributed by atoms with Crippen molar-refractivity contribution in [3.63, 3.8) is 0 Å². The fourth-order valence-electron chi connectivity index (χ4n) is 3.36. The van der Waals surface area contributed by atoms with E-state index in [1.54, 1.807) is 26.0 Å². The topological polar surface area (TPSA) is 49.4 Å². The predicted octanol–water partition coefficient (Wildman–Crippen LogP) is 3.52. The van der Waals surface area contributed by atoms with Crippen LogP contribution in [-0.4, -0.2) is 35.8 Å². The van der Waals surface area contributed by atoms with E-state index in [1.165, 1.54) is 12.1 Å². The molecule has 1 aliphatic heterocycles. The van der Waals surface area contributed by atoms with Crippen LogP contribution >= 0.6 is 0 Å². The summed E-state index contributed by atoms with van der Waals surface area (Å²) in [5, 5.41) is 3.08. The number of hydrogen-bond donors (Lipinski definition) is 1. The van der Waals surface area contributed by atoms with Crippen LogP contribution in [-0.2, 0) is 10.2 Å². The van der Waals surface area contributed by atoms with Crippen molar-refractivity contribution in [1.29, 1.82) is 0 Å². The van der Waals surface area contributed by atoms with E-state index in [1.807, 2.05) is 35.2 Å². The minimum absolute atomic E-state index is 0.0187. The van der Waals surface area contributed by atoms with E-state index in [4.69, 9.17) is 0 Å². The summed E-state index contributed by atoms with van der Waals surface area (Å²) in [6.45, 7) is 4.81. The molecule has 0 bridgehead atoms. The zero-order chi connectivity index (χ0) is 19.4. The Morgan fingerprint density at radius 3 is 2.33 bits per heavy atom. The highest BCUT2D eigenvalue weighted by atomic mass is 19.1. The van der Waals surface area contributed by atoms with Crippen molar-refractivity contribution in [2.24, 2.45) is 0 Å². The number of carbonyl (C=O) groups excluding carboxylic acids is 2. The molecule has 1 N–H and O–H groups in total. The van der Waals surface area contributed by atoms with Gasteiger partial charge in [-0.2, -0.15) is 0 Å². The van der Waals surface area contributed by atoms with Gasteiger partial charge in [0.1, 0.15) is 5.82 Å². The molecule has 4 nitrogen and oxygen atoms in total. The Morgan fingerprint density at radius 1 is 1.04 bits per heavy atom. The van der Waals surface area contributed by atoms with Crippen LogP contribution in [0.5, 0.6) is 0 Å². The van der Waals surface area contributed by atoms with E-state index in [-0.39, 0.29) is 23.7 Å². The monoisotopic (exact) mass is 368 g/mol. The van der Waals surface area contributed by atoms with E-state index in [0.29, 0.717) is 37.1 Å². The highest BCUT2D eigenvalue weighted by molar-refractivity contribution is 5.94. The molecule has 0 unspecified atom stereocenters. The number of carbonyl (C=O) groups is 2. The molecule has 1 aliphatic rings. The number of likely N-dealkylation sites (tertiary alicyclic amines) is 1. The first-order valence-corrected chi connectivity index (χ1v) is 9.29. The minimum Gasteiger partial charge on any atom is -0.352 e. The number of amides is 2. The highest BCUT2D eigenvalue weighted by Crippen LogP contribution is 2.25. The molecular formula is C22H25FN2O2. The molecule has 0 radical (unpaired) electrons. The van der Waals surface area contributed by atoms with Gasteiger partial charge in [-0.3, -0.25) is 9.59 Å². The Kier molecular flexibility index (Phi) is 5.59. The molecule has 2 amide bonds. The SMILES string of the molecule is CC(C)(C(=O)NC1CCN(C(=O)c2ccccc2)CC1)c1cccc(F)c1. The molecule has 0 atom stereocenters. The van der Waals surface area contributed by atoms with Gasteiger partial charge in [-0.15, -0.1) is 0 Å². The summed E-state index contributed by atoms with van der Waals surface area (Å²) in [4.78, 5) is 27.1. The molecule has 27 heavy (non-hydrogen) atoms. The lowest BCUT2D eigenvalue weighted by Crippen LogP contribution is -2.50. The van der Waals surface area contributed by atoms with Gasteiger partial charge in [-0.25, -0.2) is 4.39 Å². The average Bonchev–Trinajstić information content (AvgIpc) is 2.68. The zero-order valence-corrected chi connectivity index (χ0v) is 15.7. The largest absolute Gasteiger partial charge is 0.352 e. The standard InChI is InChI=1S/C22H25FN2O2/c1-22(2,17-9-6-10-18(23)15-17)21(27)24-19-11-13-25(14-12-19)20(26)16-7-4-3-5-8-16/h3-10,15,19H,11-14H2,1-2H3,(H,24,27). The zero-order valence-electron chi connectivity index (χ0n) is 15.7. The smallest absolute Gasteiger partial charge is 0.253 e.